The highest BCUT2D eigenvalue weighted by Gasteiger charge is 2.26. The van der Waals surface area contributed by atoms with Gasteiger partial charge in [0.05, 0.1) is 0 Å². The maximum atomic E-state index is 8.96. The fourth-order valence-corrected chi connectivity index (χ4v) is 1.37. The minimum atomic E-state index is -1.26. The molecule has 1 aliphatic rings. The van der Waals surface area contributed by atoms with Crippen molar-refractivity contribution in [3.05, 3.63) is 36.5 Å². The van der Waals surface area contributed by atoms with E-state index < -0.39 is 7.12 Å². The van der Waals surface area contributed by atoms with Crippen molar-refractivity contribution in [1.29, 1.82) is 0 Å². The monoisotopic (exact) mass is 164 g/mol. The van der Waals surface area contributed by atoms with Crippen LogP contribution in [0.2, 0.25) is 5.82 Å². The average Bonchev–Trinajstić information content (AvgIpc) is 2.03. The van der Waals surface area contributed by atoms with Crippen molar-refractivity contribution in [3.63, 3.8) is 0 Å². The lowest BCUT2D eigenvalue weighted by atomic mass is 9.64. The van der Waals surface area contributed by atoms with E-state index in [-0.39, 0.29) is 11.7 Å². The minimum Gasteiger partial charge on any atom is -0.427 e. The van der Waals surface area contributed by atoms with Gasteiger partial charge in [-0.3, -0.25) is 0 Å². The average molecular weight is 164 g/mol. The number of hydrogen-bond donors (Lipinski definition) is 2. The first-order chi connectivity index (χ1) is 5.65. The largest absolute Gasteiger partial charge is 0.459 e. The Morgan fingerprint density at radius 3 is 2.67 bits per heavy atom. The lowest BCUT2D eigenvalue weighted by molar-refractivity contribution is 0.381. The lowest BCUT2D eigenvalue weighted by Gasteiger charge is -2.20. The summed E-state index contributed by atoms with van der Waals surface area (Å²) in [5.74, 6) is -0.0308. The van der Waals surface area contributed by atoms with Crippen LogP contribution < -0.4 is 0 Å². The molecule has 0 heterocycles. The molecule has 1 aliphatic carbocycles. The van der Waals surface area contributed by atoms with E-state index in [1.54, 1.807) is 6.08 Å². The van der Waals surface area contributed by atoms with Crippen molar-refractivity contribution in [1.82, 2.24) is 0 Å². The zero-order chi connectivity index (χ0) is 9.14. The van der Waals surface area contributed by atoms with E-state index in [0.717, 1.165) is 5.57 Å². The second kappa shape index (κ2) is 3.74. The molecule has 0 aliphatic heterocycles. The molecule has 0 aromatic carbocycles. The third-order valence-corrected chi connectivity index (χ3v) is 2.15. The Hall–Kier alpha value is -0.795. The van der Waals surface area contributed by atoms with Gasteiger partial charge in [0, 0.05) is 5.82 Å². The highest BCUT2D eigenvalue weighted by Crippen LogP contribution is 2.28. The van der Waals surface area contributed by atoms with E-state index in [1.807, 2.05) is 25.2 Å². The zero-order valence-corrected chi connectivity index (χ0v) is 7.14. The van der Waals surface area contributed by atoms with Gasteiger partial charge in [-0.05, 0) is 11.5 Å². The van der Waals surface area contributed by atoms with Gasteiger partial charge < -0.3 is 10.0 Å². The highest BCUT2D eigenvalue weighted by molar-refractivity contribution is 6.44. The first-order valence-corrected chi connectivity index (χ1v) is 4.03. The maximum Gasteiger partial charge on any atom is 0.459 e. The van der Waals surface area contributed by atoms with Gasteiger partial charge in [0.1, 0.15) is 0 Å². The molecule has 0 saturated carbocycles. The van der Waals surface area contributed by atoms with Gasteiger partial charge in [-0.25, -0.2) is 0 Å². The van der Waals surface area contributed by atoms with E-state index in [9.17, 15) is 0 Å². The second-order valence-electron chi connectivity index (χ2n) is 3.08. The Kier molecular flexibility index (Phi) is 2.90. The van der Waals surface area contributed by atoms with Crippen molar-refractivity contribution in [2.75, 3.05) is 0 Å². The molecule has 0 aromatic heterocycles. The standard InChI is InChI=1S/C9H13BO2/c1-3-8-4-5-9(10(11)12)7(2)6-8/h3-7,9,11-12H,1H2,2H3. The molecule has 2 unspecified atom stereocenters. The number of rotatable bonds is 2. The molecule has 0 spiro atoms. The topological polar surface area (TPSA) is 40.5 Å². The van der Waals surface area contributed by atoms with Crippen molar-refractivity contribution in [2.24, 2.45) is 5.92 Å². The molecule has 2 nitrogen and oxygen atoms in total. The SMILES string of the molecule is C=CC1=CC(C)C(B(O)O)C=C1. The number of hydrogen-bond acceptors (Lipinski definition) is 2. The van der Waals surface area contributed by atoms with Crippen LogP contribution >= 0.6 is 0 Å². The van der Waals surface area contributed by atoms with Crippen molar-refractivity contribution < 1.29 is 10.0 Å². The molecule has 64 valence electrons. The Bertz CT molecular complexity index is 231. The summed E-state index contributed by atoms with van der Waals surface area (Å²) in [6.07, 6.45) is 7.41. The number of allylic oxidation sites excluding steroid dienone is 5. The molecule has 2 N–H and O–H groups in total. The molecule has 2 atom stereocenters. The fraction of sp³-hybridized carbons (Fsp3) is 0.333. The molecule has 0 aromatic rings. The Balaban J connectivity index is 2.74. The molecule has 12 heavy (non-hydrogen) atoms. The van der Waals surface area contributed by atoms with Gasteiger partial charge in [-0.15, -0.1) is 0 Å². The van der Waals surface area contributed by atoms with E-state index in [4.69, 9.17) is 10.0 Å². The summed E-state index contributed by atoms with van der Waals surface area (Å²) < 4.78 is 0. The molecule has 3 heteroatoms. The summed E-state index contributed by atoms with van der Waals surface area (Å²) in [4.78, 5) is 0. The van der Waals surface area contributed by atoms with Crippen LogP contribution in [0.3, 0.4) is 0 Å². The summed E-state index contributed by atoms with van der Waals surface area (Å²) >= 11 is 0. The van der Waals surface area contributed by atoms with Crippen molar-refractivity contribution in [3.8, 4) is 0 Å². The quantitative estimate of drug-likeness (QED) is 0.601. The Labute approximate surface area is 73.1 Å². The van der Waals surface area contributed by atoms with Crippen LogP contribution in [0.5, 0.6) is 0 Å². The molecule has 1 rings (SSSR count). The molecular weight excluding hydrogens is 151 g/mol. The van der Waals surface area contributed by atoms with Gasteiger partial charge in [0.15, 0.2) is 0 Å². The van der Waals surface area contributed by atoms with Crippen LogP contribution in [0, 0.1) is 5.92 Å². The summed E-state index contributed by atoms with van der Waals surface area (Å²) in [6, 6.07) is 0. The Morgan fingerprint density at radius 2 is 2.25 bits per heavy atom. The van der Waals surface area contributed by atoms with Crippen LogP contribution in [0.1, 0.15) is 6.92 Å². The van der Waals surface area contributed by atoms with E-state index in [0.29, 0.717) is 0 Å². The summed E-state index contributed by atoms with van der Waals surface area (Å²) in [5, 5.41) is 17.9. The van der Waals surface area contributed by atoms with Gasteiger partial charge in [0.2, 0.25) is 0 Å². The fourth-order valence-electron chi connectivity index (χ4n) is 1.37. The third kappa shape index (κ3) is 1.87. The second-order valence-corrected chi connectivity index (χ2v) is 3.08. The predicted molar refractivity (Wildman–Crippen MR) is 50.5 cm³/mol. The molecule has 0 bridgehead atoms. The smallest absolute Gasteiger partial charge is 0.427 e. The normalized spacial score (nSPS) is 28.1. The van der Waals surface area contributed by atoms with Gasteiger partial charge in [-0.2, -0.15) is 0 Å². The predicted octanol–water partition coefficient (Wildman–Crippen LogP) is 1.15. The van der Waals surface area contributed by atoms with Crippen LogP contribution in [-0.4, -0.2) is 17.2 Å². The van der Waals surface area contributed by atoms with Crippen LogP contribution in [0.25, 0.3) is 0 Å². The van der Waals surface area contributed by atoms with Gasteiger partial charge >= 0.3 is 7.12 Å². The van der Waals surface area contributed by atoms with Crippen LogP contribution in [0.4, 0.5) is 0 Å². The van der Waals surface area contributed by atoms with Gasteiger partial charge in [0.25, 0.3) is 0 Å². The van der Waals surface area contributed by atoms with E-state index >= 15 is 0 Å². The molecule has 0 amide bonds. The van der Waals surface area contributed by atoms with Crippen molar-refractivity contribution in [2.45, 2.75) is 12.7 Å². The molecular formula is C9H13BO2. The maximum absolute atomic E-state index is 8.96. The first kappa shape index (κ1) is 9.29. The Morgan fingerprint density at radius 1 is 1.58 bits per heavy atom. The summed E-state index contributed by atoms with van der Waals surface area (Å²) in [5.41, 5.74) is 1.04. The summed E-state index contributed by atoms with van der Waals surface area (Å²) in [6.45, 7) is 5.60. The van der Waals surface area contributed by atoms with Crippen LogP contribution in [0.15, 0.2) is 36.5 Å². The summed E-state index contributed by atoms with van der Waals surface area (Å²) in [7, 11) is -1.26. The molecule has 0 radical (unpaired) electrons. The van der Waals surface area contributed by atoms with Crippen molar-refractivity contribution >= 4 is 7.12 Å². The van der Waals surface area contributed by atoms with Crippen LogP contribution in [-0.2, 0) is 0 Å². The van der Waals surface area contributed by atoms with Gasteiger partial charge in [-0.1, -0.05) is 37.8 Å². The zero-order valence-electron chi connectivity index (χ0n) is 7.14. The lowest BCUT2D eigenvalue weighted by Crippen LogP contribution is -2.24. The van der Waals surface area contributed by atoms with E-state index in [2.05, 4.69) is 6.58 Å². The third-order valence-electron chi connectivity index (χ3n) is 2.15. The molecule has 0 fully saturated rings. The first-order valence-electron chi connectivity index (χ1n) is 4.03. The highest BCUT2D eigenvalue weighted by atomic mass is 16.4. The molecule has 0 saturated heterocycles. The minimum absolute atomic E-state index is 0.156. The van der Waals surface area contributed by atoms with E-state index in [1.165, 1.54) is 0 Å².